The lowest BCUT2D eigenvalue weighted by Gasteiger charge is -2.10. The van der Waals surface area contributed by atoms with Crippen molar-refractivity contribution in [2.75, 3.05) is 26.9 Å². The molecule has 1 aromatic carbocycles. The van der Waals surface area contributed by atoms with Crippen molar-refractivity contribution in [3.8, 4) is 5.75 Å². The summed E-state index contributed by atoms with van der Waals surface area (Å²) in [7, 11) is 1.58. The molecule has 0 aliphatic carbocycles. The lowest BCUT2D eigenvalue weighted by Crippen LogP contribution is -2.25. The van der Waals surface area contributed by atoms with Crippen molar-refractivity contribution in [2.45, 2.75) is 19.8 Å². The van der Waals surface area contributed by atoms with Crippen LogP contribution in [0.15, 0.2) is 24.3 Å². The summed E-state index contributed by atoms with van der Waals surface area (Å²) in [5.74, 6) is 0.681. The highest BCUT2D eigenvalue weighted by Gasteiger charge is 2.06. The number of amides is 1. The molecule has 0 aliphatic rings. The quantitative estimate of drug-likeness (QED) is 0.546. The van der Waals surface area contributed by atoms with Crippen LogP contribution in [0.3, 0.4) is 0 Å². The number of hydrogen-bond acceptors (Lipinski definition) is 4. The molecule has 0 aromatic heterocycles. The van der Waals surface area contributed by atoms with Crippen LogP contribution >= 0.6 is 0 Å². The van der Waals surface area contributed by atoms with Gasteiger partial charge in [-0.3, -0.25) is 9.63 Å². The second-order valence-corrected chi connectivity index (χ2v) is 3.91. The van der Waals surface area contributed by atoms with Crippen LogP contribution in [0, 0.1) is 0 Å². The summed E-state index contributed by atoms with van der Waals surface area (Å²) < 4.78 is 10.3. The van der Waals surface area contributed by atoms with Crippen molar-refractivity contribution >= 4 is 5.91 Å². The average molecular weight is 267 g/mol. The Morgan fingerprint density at radius 3 is 2.79 bits per heavy atom. The van der Waals surface area contributed by atoms with Crippen LogP contribution in [0.25, 0.3) is 0 Å². The van der Waals surface area contributed by atoms with Crippen molar-refractivity contribution in [1.29, 1.82) is 0 Å². The molecular weight excluding hydrogens is 246 g/mol. The Labute approximate surface area is 113 Å². The van der Waals surface area contributed by atoms with E-state index < -0.39 is 0 Å². The summed E-state index contributed by atoms with van der Waals surface area (Å²) in [5, 5.41) is 0. The van der Waals surface area contributed by atoms with E-state index in [0.29, 0.717) is 32.7 Å². The van der Waals surface area contributed by atoms with Crippen LogP contribution < -0.4 is 10.2 Å². The van der Waals surface area contributed by atoms with Gasteiger partial charge >= 0.3 is 0 Å². The minimum absolute atomic E-state index is 0.151. The van der Waals surface area contributed by atoms with Crippen LogP contribution in [-0.4, -0.2) is 32.8 Å². The molecule has 0 atom stereocenters. The zero-order valence-corrected chi connectivity index (χ0v) is 11.5. The third kappa shape index (κ3) is 6.22. The number of rotatable bonds is 9. The summed E-state index contributed by atoms with van der Waals surface area (Å²) in [5.41, 5.74) is 3.40. The number of aryl methyl sites for hydroxylation is 1. The summed E-state index contributed by atoms with van der Waals surface area (Å²) in [6.45, 7) is 3.35. The van der Waals surface area contributed by atoms with Crippen LogP contribution in [0.5, 0.6) is 5.75 Å². The predicted molar refractivity (Wildman–Crippen MR) is 71.9 cm³/mol. The second kappa shape index (κ2) is 9.35. The third-order valence-corrected chi connectivity index (χ3v) is 2.47. The highest BCUT2D eigenvalue weighted by molar-refractivity contribution is 5.75. The SMILES string of the molecule is CCOc1ccccc1CCC(=O)NOCCOC. The second-order valence-electron chi connectivity index (χ2n) is 3.91. The first kappa shape index (κ1) is 15.5. The number of benzene rings is 1. The molecule has 1 amide bonds. The topological polar surface area (TPSA) is 56.8 Å². The fourth-order valence-corrected chi connectivity index (χ4v) is 1.56. The van der Waals surface area contributed by atoms with Gasteiger partial charge in [0.1, 0.15) is 5.75 Å². The average Bonchev–Trinajstić information content (AvgIpc) is 2.43. The van der Waals surface area contributed by atoms with Gasteiger partial charge in [-0.15, -0.1) is 0 Å². The van der Waals surface area contributed by atoms with E-state index in [1.807, 2.05) is 31.2 Å². The largest absolute Gasteiger partial charge is 0.494 e. The van der Waals surface area contributed by atoms with Gasteiger partial charge in [0, 0.05) is 13.5 Å². The van der Waals surface area contributed by atoms with Crippen molar-refractivity contribution in [1.82, 2.24) is 5.48 Å². The Balaban J connectivity index is 2.33. The van der Waals surface area contributed by atoms with Gasteiger partial charge in [0.2, 0.25) is 5.91 Å². The molecule has 0 spiro atoms. The van der Waals surface area contributed by atoms with Gasteiger partial charge in [-0.1, -0.05) is 18.2 Å². The first-order chi connectivity index (χ1) is 9.27. The van der Waals surface area contributed by atoms with Gasteiger partial charge in [0.05, 0.1) is 19.8 Å². The molecule has 0 fully saturated rings. The summed E-state index contributed by atoms with van der Waals surface area (Å²) in [6.07, 6.45) is 0.979. The molecule has 0 saturated heterocycles. The van der Waals surface area contributed by atoms with E-state index in [1.165, 1.54) is 0 Å². The molecule has 0 saturated carbocycles. The van der Waals surface area contributed by atoms with E-state index in [0.717, 1.165) is 11.3 Å². The monoisotopic (exact) mass is 267 g/mol. The molecular formula is C14H21NO4. The van der Waals surface area contributed by atoms with Gasteiger partial charge in [0.25, 0.3) is 0 Å². The maximum Gasteiger partial charge on any atom is 0.243 e. The number of nitrogens with one attached hydrogen (secondary N) is 1. The predicted octanol–water partition coefficient (Wildman–Crippen LogP) is 1.71. The molecule has 0 heterocycles. The highest BCUT2D eigenvalue weighted by atomic mass is 16.7. The Kier molecular flexibility index (Phi) is 7.62. The Morgan fingerprint density at radius 2 is 2.05 bits per heavy atom. The van der Waals surface area contributed by atoms with Crippen LogP contribution in [0.4, 0.5) is 0 Å². The van der Waals surface area contributed by atoms with Crippen LogP contribution in [0.2, 0.25) is 0 Å². The number of carbonyl (C=O) groups is 1. The number of hydrogen-bond donors (Lipinski definition) is 1. The fourth-order valence-electron chi connectivity index (χ4n) is 1.56. The summed E-state index contributed by atoms with van der Waals surface area (Å²) in [6, 6.07) is 7.73. The number of para-hydroxylation sites is 1. The zero-order valence-electron chi connectivity index (χ0n) is 11.5. The number of methoxy groups -OCH3 is 1. The molecule has 0 radical (unpaired) electrons. The number of carbonyl (C=O) groups excluding carboxylic acids is 1. The van der Waals surface area contributed by atoms with Gasteiger partial charge < -0.3 is 9.47 Å². The molecule has 1 aromatic rings. The molecule has 1 rings (SSSR count). The first-order valence-corrected chi connectivity index (χ1v) is 6.38. The van der Waals surface area contributed by atoms with E-state index in [4.69, 9.17) is 14.3 Å². The van der Waals surface area contributed by atoms with Crippen molar-refractivity contribution in [3.05, 3.63) is 29.8 Å². The Morgan fingerprint density at radius 1 is 1.26 bits per heavy atom. The number of ether oxygens (including phenoxy) is 2. The summed E-state index contributed by atoms with van der Waals surface area (Å²) >= 11 is 0. The maximum absolute atomic E-state index is 11.5. The first-order valence-electron chi connectivity index (χ1n) is 6.38. The standard InChI is InChI=1S/C14H21NO4/c1-3-18-13-7-5-4-6-12(13)8-9-14(16)15-19-11-10-17-2/h4-7H,3,8-11H2,1-2H3,(H,15,16). The van der Waals surface area contributed by atoms with E-state index in [9.17, 15) is 4.79 Å². The molecule has 19 heavy (non-hydrogen) atoms. The Hall–Kier alpha value is -1.59. The van der Waals surface area contributed by atoms with Crippen LogP contribution in [0.1, 0.15) is 18.9 Å². The molecule has 5 nitrogen and oxygen atoms in total. The van der Waals surface area contributed by atoms with E-state index in [2.05, 4.69) is 5.48 Å². The molecule has 0 bridgehead atoms. The fraction of sp³-hybridized carbons (Fsp3) is 0.500. The van der Waals surface area contributed by atoms with Gasteiger partial charge in [-0.25, -0.2) is 5.48 Å². The zero-order chi connectivity index (χ0) is 13.9. The minimum atomic E-state index is -0.151. The van der Waals surface area contributed by atoms with Crippen molar-refractivity contribution in [3.63, 3.8) is 0 Å². The highest BCUT2D eigenvalue weighted by Crippen LogP contribution is 2.19. The van der Waals surface area contributed by atoms with Crippen LogP contribution in [-0.2, 0) is 20.8 Å². The number of hydroxylamine groups is 1. The molecule has 5 heteroatoms. The normalized spacial score (nSPS) is 10.2. The lowest BCUT2D eigenvalue weighted by atomic mass is 10.1. The van der Waals surface area contributed by atoms with E-state index in [-0.39, 0.29) is 5.91 Å². The van der Waals surface area contributed by atoms with Gasteiger partial charge in [-0.2, -0.15) is 0 Å². The van der Waals surface area contributed by atoms with Crippen molar-refractivity contribution in [2.24, 2.45) is 0 Å². The molecule has 106 valence electrons. The summed E-state index contributed by atoms with van der Waals surface area (Å²) in [4.78, 5) is 16.5. The lowest BCUT2D eigenvalue weighted by molar-refractivity contribution is -0.134. The van der Waals surface area contributed by atoms with E-state index in [1.54, 1.807) is 7.11 Å². The third-order valence-electron chi connectivity index (χ3n) is 2.47. The maximum atomic E-state index is 11.5. The van der Waals surface area contributed by atoms with Gasteiger partial charge in [-0.05, 0) is 25.0 Å². The minimum Gasteiger partial charge on any atom is -0.494 e. The van der Waals surface area contributed by atoms with E-state index >= 15 is 0 Å². The molecule has 1 N–H and O–H groups in total. The Bertz CT molecular complexity index is 381. The smallest absolute Gasteiger partial charge is 0.243 e. The molecule has 0 aliphatic heterocycles. The molecule has 0 unspecified atom stereocenters. The van der Waals surface area contributed by atoms with Crippen molar-refractivity contribution < 1.29 is 19.1 Å². The van der Waals surface area contributed by atoms with Gasteiger partial charge in [0.15, 0.2) is 0 Å².